The summed E-state index contributed by atoms with van der Waals surface area (Å²) in [4.78, 5) is 18.0. The van der Waals surface area contributed by atoms with Crippen LogP contribution in [0.25, 0.3) is 16.1 Å². The maximum Gasteiger partial charge on any atom is 0.416 e. The van der Waals surface area contributed by atoms with E-state index in [1.165, 1.54) is 22.7 Å². The topological polar surface area (TPSA) is 68.6 Å². The Morgan fingerprint density at radius 3 is 2.55 bits per heavy atom. The lowest BCUT2D eigenvalue weighted by atomic mass is 10.1. The predicted molar refractivity (Wildman–Crippen MR) is 110 cm³/mol. The van der Waals surface area contributed by atoms with Crippen molar-refractivity contribution in [1.82, 2.24) is 14.6 Å². The molecular formula is C21H18F3N3O3S. The molecule has 0 bridgehead atoms. The molecule has 162 valence electrons. The number of nitrogens with one attached hydrogen (secondary N) is 1. The maximum atomic E-state index is 12.6. The number of thiophene rings is 1. The van der Waals surface area contributed by atoms with Gasteiger partial charge in [-0.15, -0.1) is 11.3 Å². The van der Waals surface area contributed by atoms with Gasteiger partial charge in [-0.25, -0.2) is 9.50 Å². The third-order valence-electron chi connectivity index (χ3n) is 4.58. The molecule has 3 heterocycles. The molecule has 4 rings (SSSR count). The zero-order valence-corrected chi connectivity index (χ0v) is 17.2. The van der Waals surface area contributed by atoms with Crippen LogP contribution < -0.4 is 5.56 Å². The van der Waals surface area contributed by atoms with Crippen LogP contribution in [-0.4, -0.2) is 21.4 Å². The molecule has 0 saturated carbocycles. The Bertz CT molecular complexity index is 1230. The first-order chi connectivity index (χ1) is 14.8. The molecule has 0 radical (unpaired) electrons. The van der Waals surface area contributed by atoms with Crippen LogP contribution in [-0.2, 0) is 28.9 Å². The second-order valence-electron chi connectivity index (χ2n) is 6.84. The lowest BCUT2D eigenvalue weighted by Crippen LogP contribution is -2.16. The molecule has 0 saturated heterocycles. The lowest BCUT2D eigenvalue weighted by molar-refractivity contribution is -0.137. The molecule has 0 aliphatic heterocycles. The van der Waals surface area contributed by atoms with Crippen molar-refractivity contribution < 1.29 is 22.6 Å². The smallest absolute Gasteiger partial charge is 0.351 e. The van der Waals surface area contributed by atoms with Gasteiger partial charge in [0.15, 0.2) is 5.65 Å². The number of alkyl halides is 3. The zero-order chi connectivity index (χ0) is 22.0. The Morgan fingerprint density at radius 2 is 1.87 bits per heavy atom. The number of benzene rings is 1. The van der Waals surface area contributed by atoms with E-state index < -0.39 is 11.7 Å². The number of rotatable bonds is 7. The fourth-order valence-electron chi connectivity index (χ4n) is 3.14. The summed E-state index contributed by atoms with van der Waals surface area (Å²) in [5.41, 5.74) is 2.33. The predicted octanol–water partition coefficient (Wildman–Crippen LogP) is 4.77. The first kappa shape index (κ1) is 21.3. The highest BCUT2D eigenvalue weighted by Gasteiger charge is 2.29. The SMILES string of the molecule is Cc1[nH]n2c(=O)cc(COCOCc3ccc(C(F)(F)F)cc3)nc2c1-c1cccs1. The lowest BCUT2D eigenvalue weighted by Gasteiger charge is -2.08. The summed E-state index contributed by atoms with van der Waals surface area (Å²) < 4.78 is 49.9. The van der Waals surface area contributed by atoms with Crippen molar-refractivity contribution >= 4 is 17.0 Å². The van der Waals surface area contributed by atoms with Crippen molar-refractivity contribution in [2.75, 3.05) is 6.79 Å². The van der Waals surface area contributed by atoms with Crippen LogP contribution in [0.15, 0.2) is 52.6 Å². The van der Waals surface area contributed by atoms with Gasteiger partial charge in [-0.2, -0.15) is 13.2 Å². The summed E-state index contributed by atoms with van der Waals surface area (Å²) in [5.74, 6) is 0. The van der Waals surface area contributed by atoms with E-state index >= 15 is 0 Å². The van der Waals surface area contributed by atoms with Crippen molar-refractivity contribution in [3.05, 3.63) is 80.7 Å². The van der Waals surface area contributed by atoms with Gasteiger partial charge in [0.2, 0.25) is 0 Å². The number of H-pyrrole nitrogens is 1. The average Bonchev–Trinajstić information content (AvgIpc) is 3.35. The van der Waals surface area contributed by atoms with Gasteiger partial charge in [0, 0.05) is 16.6 Å². The molecule has 4 aromatic rings. The van der Waals surface area contributed by atoms with Crippen LogP contribution in [0.2, 0.25) is 0 Å². The van der Waals surface area contributed by atoms with Gasteiger partial charge >= 0.3 is 6.18 Å². The number of ether oxygens (including phenoxy) is 2. The Hall–Kier alpha value is -2.95. The summed E-state index contributed by atoms with van der Waals surface area (Å²) in [5, 5.41) is 4.99. The van der Waals surface area contributed by atoms with Crippen LogP contribution in [0.1, 0.15) is 22.5 Å². The number of aromatic amines is 1. The van der Waals surface area contributed by atoms with E-state index in [1.807, 2.05) is 24.4 Å². The summed E-state index contributed by atoms with van der Waals surface area (Å²) in [6.07, 6.45) is -4.36. The first-order valence-corrected chi connectivity index (χ1v) is 10.2. The highest BCUT2D eigenvalue weighted by atomic mass is 32.1. The van der Waals surface area contributed by atoms with E-state index in [0.29, 0.717) is 16.9 Å². The van der Waals surface area contributed by atoms with E-state index in [-0.39, 0.29) is 25.6 Å². The van der Waals surface area contributed by atoms with Gasteiger partial charge in [0.05, 0.1) is 30.0 Å². The molecule has 0 fully saturated rings. The van der Waals surface area contributed by atoms with Crippen LogP contribution in [0, 0.1) is 6.92 Å². The summed E-state index contributed by atoms with van der Waals surface area (Å²) >= 11 is 1.56. The summed E-state index contributed by atoms with van der Waals surface area (Å²) in [7, 11) is 0. The maximum absolute atomic E-state index is 12.6. The molecule has 0 aliphatic carbocycles. The average molecular weight is 449 g/mol. The molecule has 1 N–H and O–H groups in total. The minimum atomic E-state index is -4.36. The van der Waals surface area contributed by atoms with Crippen molar-refractivity contribution in [3.8, 4) is 10.4 Å². The fourth-order valence-corrected chi connectivity index (χ4v) is 3.96. The molecule has 6 nitrogen and oxygen atoms in total. The third kappa shape index (κ3) is 4.71. The van der Waals surface area contributed by atoms with Gasteiger partial charge in [-0.05, 0) is 36.1 Å². The normalized spacial score (nSPS) is 12.0. The van der Waals surface area contributed by atoms with Gasteiger partial charge in [-0.1, -0.05) is 18.2 Å². The minimum Gasteiger partial charge on any atom is -0.351 e. The van der Waals surface area contributed by atoms with E-state index in [2.05, 4.69) is 10.1 Å². The zero-order valence-electron chi connectivity index (χ0n) is 16.4. The number of aryl methyl sites for hydroxylation is 1. The molecular weight excluding hydrogens is 431 g/mol. The quantitative estimate of drug-likeness (QED) is 0.326. The van der Waals surface area contributed by atoms with E-state index in [4.69, 9.17) is 9.47 Å². The Morgan fingerprint density at radius 1 is 1.13 bits per heavy atom. The van der Waals surface area contributed by atoms with Gasteiger partial charge in [-0.3, -0.25) is 9.89 Å². The highest BCUT2D eigenvalue weighted by Crippen LogP contribution is 2.30. The summed E-state index contributed by atoms with van der Waals surface area (Å²) in [6.45, 7) is 1.96. The van der Waals surface area contributed by atoms with Gasteiger partial charge in [0.1, 0.15) is 6.79 Å². The van der Waals surface area contributed by atoms with Gasteiger partial charge in [0.25, 0.3) is 5.56 Å². The van der Waals surface area contributed by atoms with Crippen LogP contribution in [0.4, 0.5) is 13.2 Å². The van der Waals surface area contributed by atoms with Crippen LogP contribution >= 0.6 is 11.3 Å². The van der Waals surface area contributed by atoms with Gasteiger partial charge < -0.3 is 9.47 Å². The first-order valence-electron chi connectivity index (χ1n) is 9.29. The molecule has 0 aliphatic rings. The number of hydrogen-bond donors (Lipinski definition) is 1. The Kier molecular flexibility index (Phi) is 5.94. The molecule has 10 heteroatoms. The minimum absolute atomic E-state index is 0.0624. The molecule has 0 unspecified atom stereocenters. The second-order valence-corrected chi connectivity index (χ2v) is 7.79. The molecule has 31 heavy (non-hydrogen) atoms. The highest BCUT2D eigenvalue weighted by molar-refractivity contribution is 7.13. The second kappa shape index (κ2) is 8.66. The van der Waals surface area contributed by atoms with Crippen molar-refractivity contribution in [3.63, 3.8) is 0 Å². The monoisotopic (exact) mass is 449 g/mol. The number of fused-ring (bicyclic) bond motifs is 1. The van der Waals surface area contributed by atoms with E-state index in [1.54, 1.807) is 11.3 Å². The molecule has 0 atom stereocenters. The molecule has 0 spiro atoms. The van der Waals surface area contributed by atoms with Crippen molar-refractivity contribution in [2.45, 2.75) is 26.3 Å². The standard InChI is InChI=1S/C21H18F3N3O3S/c1-13-19(17-3-2-8-31-17)20-25-16(9-18(28)27(20)26-13)11-30-12-29-10-14-4-6-15(7-5-14)21(22,23)24/h2-9,26H,10-12H2,1H3. The fraction of sp³-hybridized carbons (Fsp3) is 0.238. The van der Waals surface area contributed by atoms with Crippen LogP contribution in [0.5, 0.6) is 0 Å². The molecule has 0 amide bonds. The van der Waals surface area contributed by atoms with E-state index in [0.717, 1.165) is 28.3 Å². The van der Waals surface area contributed by atoms with Crippen molar-refractivity contribution in [1.29, 1.82) is 0 Å². The largest absolute Gasteiger partial charge is 0.416 e. The number of nitrogens with zero attached hydrogens (tertiary/aromatic N) is 2. The third-order valence-corrected chi connectivity index (χ3v) is 5.47. The Balaban J connectivity index is 1.37. The molecule has 3 aromatic heterocycles. The summed E-state index contributed by atoms with van der Waals surface area (Å²) in [6, 6.07) is 10.0. The van der Waals surface area contributed by atoms with Crippen molar-refractivity contribution in [2.24, 2.45) is 0 Å². The number of halogens is 3. The van der Waals surface area contributed by atoms with E-state index in [9.17, 15) is 18.0 Å². The number of hydrogen-bond acceptors (Lipinski definition) is 5. The van der Waals surface area contributed by atoms with Crippen LogP contribution in [0.3, 0.4) is 0 Å². The number of aromatic nitrogens is 3. The Labute approximate surface area is 178 Å². The molecule has 1 aromatic carbocycles.